The highest BCUT2D eigenvalue weighted by molar-refractivity contribution is 6.39. The van der Waals surface area contributed by atoms with Crippen molar-refractivity contribution in [3.8, 4) is 5.75 Å². The number of rotatable bonds is 7. The first kappa shape index (κ1) is 20.2. The average molecular weight is 370 g/mol. The summed E-state index contributed by atoms with van der Waals surface area (Å²) in [5.74, 6) is 0.568. The summed E-state index contributed by atoms with van der Waals surface area (Å²) in [6, 6.07) is 10.9. The Morgan fingerprint density at radius 2 is 1.78 bits per heavy atom. The molecule has 1 heterocycles. The highest BCUT2D eigenvalue weighted by Gasteiger charge is 2.13. The van der Waals surface area contributed by atoms with Crippen molar-refractivity contribution in [1.29, 1.82) is 0 Å². The minimum absolute atomic E-state index is 0.258. The Balaban J connectivity index is 1.81. The lowest BCUT2D eigenvalue weighted by Gasteiger charge is -2.12. The number of anilines is 2. The fourth-order valence-electron chi connectivity index (χ4n) is 2.14. The standard InChI is InChI=1S/C20H26N4O3/c1-14(2)13-27-17-8-5-15(6-9-17)11-22-19(25)20(26)23-16-7-10-18(21-12-16)24(3)4/h5-10,12,14H,11,13H2,1-4H3,(H,22,25)(H,23,26). The summed E-state index contributed by atoms with van der Waals surface area (Å²) in [5.41, 5.74) is 1.34. The van der Waals surface area contributed by atoms with Gasteiger partial charge in [0.25, 0.3) is 0 Å². The number of benzene rings is 1. The van der Waals surface area contributed by atoms with Gasteiger partial charge in [0.2, 0.25) is 0 Å². The van der Waals surface area contributed by atoms with Crippen molar-refractivity contribution in [3.63, 3.8) is 0 Å². The van der Waals surface area contributed by atoms with Crippen LogP contribution in [0.5, 0.6) is 5.75 Å². The van der Waals surface area contributed by atoms with E-state index in [2.05, 4.69) is 29.5 Å². The van der Waals surface area contributed by atoms with Crippen LogP contribution in [0.15, 0.2) is 42.6 Å². The van der Waals surface area contributed by atoms with Crippen LogP contribution in [0.2, 0.25) is 0 Å². The lowest BCUT2D eigenvalue weighted by molar-refractivity contribution is -0.136. The van der Waals surface area contributed by atoms with E-state index in [1.165, 1.54) is 6.20 Å². The summed E-state index contributed by atoms with van der Waals surface area (Å²) in [6.07, 6.45) is 1.51. The van der Waals surface area contributed by atoms with E-state index in [1.54, 1.807) is 12.1 Å². The Morgan fingerprint density at radius 1 is 1.07 bits per heavy atom. The molecule has 2 rings (SSSR count). The summed E-state index contributed by atoms with van der Waals surface area (Å²) in [6.45, 7) is 5.08. The molecule has 2 amide bonds. The van der Waals surface area contributed by atoms with Crippen molar-refractivity contribution in [2.45, 2.75) is 20.4 Å². The topological polar surface area (TPSA) is 83.6 Å². The number of ether oxygens (including phenoxy) is 1. The molecule has 0 spiro atoms. The number of nitrogens with one attached hydrogen (secondary N) is 2. The van der Waals surface area contributed by atoms with Gasteiger partial charge in [0.05, 0.1) is 18.5 Å². The molecule has 0 aliphatic rings. The molecule has 0 unspecified atom stereocenters. The number of carbonyl (C=O) groups is 2. The minimum atomic E-state index is -0.730. The minimum Gasteiger partial charge on any atom is -0.493 e. The number of amides is 2. The fraction of sp³-hybridized carbons (Fsp3) is 0.350. The second kappa shape index (κ2) is 9.56. The van der Waals surface area contributed by atoms with Crippen LogP contribution >= 0.6 is 0 Å². The zero-order valence-corrected chi connectivity index (χ0v) is 16.2. The van der Waals surface area contributed by atoms with Gasteiger partial charge in [-0.15, -0.1) is 0 Å². The van der Waals surface area contributed by atoms with Gasteiger partial charge in [-0.05, 0) is 35.7 Å². The maximum Gasteiger partial charge on any atom is 0.313 e. The number of aromatic nitrogens is 1. The van der Waals surface area contributed by atoms with Crippen molar-refractivity contribution in [2.75, 3.05) is 30.9 Å². The zero-order chi connectivity index (χ0) is 19.8. The molecule has 2 N–H and O–H groups in total. The van der Waals surface area contributed by atoms with Gasteiger partial charge in [-0.3, -0.25) is 9.59 Å². The molecule has 7 nitrogen and oxygen atoms in total. The number of pyridine rings is 1. The van der Waals surface area contributed by atoms with E-state index >= 15 is 0 Å². The predicted molar refractivity (Wildman–Crippen MR) is 106 cm³/mol. The summed E-state index contributed by atoms with van der Waals surface area (Å²) >= 11 is 0. The summed E-state index contributed by atoms with van der Waals surface area (Å²) in [5, 5.41) is 5.13. The maximum absolute atomic E-state index is 12.0. The number of carbonyl (C=O) groups excluding carboxylic acids is 2. The Kier molecular flexibility index (Phi) is 7.16. The Bertz CT molecular complexity index is 756. The van der Waals surface area contributed by atoms with Crippen LogP contribution < -0.4 is 20.3 Å². The third-order valence-electron chi connectivity index (χ3n) is 3.63. The van der Waals surface area contributed by atoms with Gasteiger partial charge in [-0.1, -0.05) is 26.0 Å². The summed E-state index contributed by atoms with van der Waals surface area (Å²) in [7, 11) is 3.74. The van der Waals surface area contributed by atoms with Gasteiger partial charge in [0.1, 0.15) is 11.6 Å². The number of hydrogen-bond acceptors (Lipinski definition) is 5. The average Bonchev–Trinajstić information content (AvgIpc) is 2.65. The number of nitrogens with zero attached hydrogens (tertiary/aromatic N) is 2. The van der Waals surface area contributed by atoms with Crippen molar-refractivity contribution in [2.24, 2.45) is 5.92 Å². The molecule has 0 radical (unpaired) electrons. The predicted octanol–water partition coefficient (Wildman–Crippen LogP) is 2.44. The molecule has 27 heavy (non-hydrogen) atoms. The molecule has 0 fully saturated rings. The van der Waals surface area contributed by atoms with Crippen LogP contribution in [0.4, 0.5) is 11.5 Å². The third kappa shape index (κ3) is 6.62. The lowest BCUT2D eigenvalue weighted by Crippen LogP contribution is -2.35. The molecule has 0 atom stereocenters. The van der Waals surface area contributed by atoms with E-state index in [1.807, 2.05) is 43.3 Å². The Hall–Kier alpha value is -3.09. The molecule has 0 aliphatic heterocycles. The zero-order valence-electron chi connectivity index (χ0n) is 16.2. The smallest absolute Gasteiger partial charge is 0.313 e. The highest BCUT2D eigenvalue weighted by atomic mass is 16.5. The molecule has 0 aliphatic carbocycles. The van der Waals surface area contributed by atoms with E-state index in [4.69, 9.17) is 4.74 Å². The van der Waals surface area contributed by atoms with E-state index in [0.717, 1.165) is 17.1 Å². The number of hydrogen-bond donors (Lipinski definition) is 2. The maximum atomic E-state index is 12.0. The molecular weight excluding hydrogens is 344 g/mol. The van der Waals surface area contributed by atoms with Crippen molar-refractivity contribution < 1.29 is 14.3 Å². The monoisotopic (exact) mass is 370 g/mol. The van der Waals surface area contributed by atoms with E-state index in [9.17, 15) is 9.59 Å². The first-order valence-corrected chi connectivity index (χ1v) is 8.79. The van der Waals surface area contributed by atoms with Crippen molar-refractivity contribution >= 4 is 23.3 Å². The Morgan fingerprint density at radius 3 is 2.33 bits per heavy atom. The second-order valence-corrected chi connectivity index (χ2v) is 6.79. The van der Waals surface area contributed by atoms with Crippen LogP contribution in [0, 0.1) is 5.92 Å². The molecular formula is C20H26N4O3. The lowest BCUT2D eigenvalue weighted by atomic mass is 10.2. The molecule has 1 aromatic heterocycles. The van der Waals surface area contributed by atoms with E-state index in [-0.39, 0.29) is 6.54 Å². The quantitative estimate of drug-likeness (QED) is 0.732. The normalized spacial score (nSPS) is 10.4. The van der Waals surface area contributed by atoms with Crippen LogP contribution in [0.1, 0.15) is 19.4 Å². The second-order valence-electron chi connectivity index (χ2n) is 6.79. The van der Waals surface area contributed by atoms with Crippen LogP contribution in [0.25, 0.3) is 0 Å². The molecule has 144 valence electrons. The van der Waals surface area contributed by atoms with Crippen LogP contribution in [-0.4, -0.2) is 37.5 Å². The fourth-order valence-corrected chi connectivity index (χ4v) is 2.14. The Labute approximate surface area is 159 Å². The van der Waals surface area contributed by atoms with E-state index in [0.29, 0.717) is 18.2 Å². The first-order chi connectivity index (χ1) is 12.8. The van der Waals surface area contributed by atoms with E-state index < -0.39 is 11.8 Å². The molecule has 1 aromatic carbocycles. The van der Waals surface area contributed by atoms with Gasteiger partial charge in [0, 0.05) is 20.6 Å². The molecule has 2 aromatic rings. The van der Waals surface area contributed by atoms with Crippen molar-refractivity contribution in [3.05, 3.63) is 48.2 Å². The van der Waals surface area contributed by atoms with Crippen LogP contribution in [0.3, 0.4) is 0 Å². The largest absolute Gasteiger partial charge is 0.493 e. The van der Waals surface area contributed by atoms with Crippen molar-refractivity contribution in [1.82, 2.24) is 10.3 Å². The SMILES string of the molecule is CC(C)COc1ccc(CNC(=O)C(=O)Nc2ccc(N(C)C)nc2)cc1. The summed E-state index contributed by atoms with van der Waals surface area (Å²) < 4.78 is 5.62. The molecule has 0 bridgehead atoms. The molecule has 0 saturated heterocycles. The highest BCUT2D eigenvalue weighted by Crippen LogP contribution is 2.13. The third-order valence-corrected chi connectivity index (χ3v) is 3.63. The van der Waals surface area contributed by atoms with Gasteiger partial charge in [-0.25, -0.2) is 4.98 Å². The van der Waals surface area contributed by atoms with Gasteiger partial charge in [0.15, 0.2) is 0 Å². The molecule has 7 heteroatoms. The summed E-state index contributed by atoms with van der Waals surface area (Å²) in [4.78, 5) is 30.0. The van der Waals surface area contributed by atoms with Gasteiger partial charge < -0.3 is 20.3 Å². The van der Waals surface area contributed by atoms with Gasteiger partial charge in [-0.2, -0.15) is 0 Å². The van der Waals surface area contributed by atoms with Crippen LogP contribution in [-0.2, 0) is 16.1 Å². The first-order valence-electron chi connectivity index (χ1n) is 8.79. The van der Waals surface area contributed by atoms with Gasteiger partial charge >= 0.3 is 11.8 Å². The molecule has 0 saturated carbocycles.